The first-order chi connectivity index (χ1) is 14.3. The Kier molecular flexibility index (Phi) is 6.39. The third-order valence-corrected chi connectivity index (χ3v) is 6.19. The summed E-state index contributed by atoms with van der Waals surface area (Å²) in [4.78, 5) is 23.8. The van der Waals surface area contributed by atoms with Crippen LogP contribution in [0.1, 0.15) is 10.4 Å². The van der Waals surface area contributed by atoms with Crippen molar-refractivity contribution in [1.82, 2.24) is 0 Å². The Bertz CT molecular complexity index is 1170. The molecule has 0 saturated heterocycles. The molecule has 2 amide bonds. The molecule has 0 radical (unpaired) electrons. The van der Waals surface area contributed by atoms with Gasteiger partial charge in [-0.25, -0.2) is 8.42 Å². The van der Waals surface area contributed by atoms with Gasteiger partial charge in [0.25, 0.3) is 10.0 Å². The topological polar surface area (TPSA) is 110 Å². The fraction of sp³-hybridized carbons (Fsp3) is 0.0476. The summed E-state index contributed by atoms with van der Waals surface area (Å²) in [5.41, 5.74) is 6.14. The maximum absolute atomic E-state index is 13.2. The monoisotopic (exact) mass is 443 g/mol. The van der Waals surface area contributed by atoms with Gasteiger partial charge in [-0.05, 0) is 54.6 Å². The molecule has 0 unspecified atom stereocenters. The minimum Gasteiger partial charge on any atom is -0.366 e. The van der Waals surface area contributed by atoms with Crippen LogP contribution in [0.15, 0.2) is 83.8 Å². The Morgan fingerprint density at radius 3 is 2.20 bits per heavy atom. The van der Waals surface area contributed by atoms with Gasteiger partial charge < -0.3 is 11.1 Å². The zero-order chi connectivity index (χ0) is 21.7. The molecule has 3 N–H and O–H groups in total. The Hall–Kier alpha value is -3.36. The van der Waals surface area contributed by atoms with Gasteiger partial charge in [0.05, 0.1) is 10.6 Å². The minimum absolute atomic E-state index is 0.0450. The molecule has 7 nitrogen and oxygen atoms in total. The highest BCUT2D eigenvalue weighted by Crippen LogP contribution is 2.26. The van der Waals surface area contributed by atoms with E-state index in [0.717, 1.165) is 4.31 Å². The van der Waals surface area contributed by atoms with Crippen molar-refractivity contribution in [3.63, 3.8) is 0 Å². The molecule has 0 aliphatic rings. The van der Waals surface area contributed by atoms with Crippen LogP contribution >= 0.6 is 11.6 Å². The number of nitrogens with two attached hydrogens (primary N) is 1. The van der Waals surface area contributed by atoms with Gasteiger partial charge in [0.1, 0.15) is 6.54 Å². The van der Waals surface area contributed by atoms with Crippen LogP contribution in [0.3, 0.4) is 0 Å². The van der Waals surface area contributed by atoms with E-state index in [1.54, 1.807) is 36.4 Å². The van der Waals surface area contributed by atoms with E-state index in [9.17, 15) is 18.0 Å². The van der Waals surface area contributed by atoms with Crippen LogP contribution in [0.4, 0.5) is 11.4 Å². The van der Waals surface area contributed by atoms with E-state index in [1.807, 2.05) is 0 Å². The van der Waals surface area contributed by atoms with Gasteiger partial charge in [0, 0.05) is 16.3 Å². The molecule has 3 rings (SSSR count). The maximum Gasteiger partial charge on any atom is 0.264 e. The summed E-state index contributed by atoms with van der Waals surface area (Å²) in [5.74, 6) is -1.16. The van der Waals surface area contributed by atoms with Crippen molar-refractivity contribution in [1.29, 1.82) is 0 Å². The van der Waals surface area contributed by atoms with Gasteiger partial charge in [-0.15, -0.1) is 0 Å². The highest BCUT2D eigenvalue weighted by Gasteiger charge is 2.27. The highest BCUT2D eigenvalue weighted by atomic mass is 35.5. The van der Waals surface area contributed by atoms with Crippen molar-refractivity contribution in [3.8, 4) is 0 Å². The van der Waals surface area contributed by atoms with Gasteiger partial charge in [-0.3, -0.25) is 13.9 Å². The number of benzene rings is 3. The molecule has 3 aromatic rings. The number of anilines is 2. The lowest BCUT2D eigenvalue weighted by Crippen LogP contribution is -2.38. The predicted molar refractivity (Wildman–Crippen MR) is 116 cm³/mol. The number of sulfonamides is 1. The maximum atomic E-state index is 13.2. The van der Waals surface area contributed by atoms with Gasteiger partial charge in [0.15, 0.2) is 0 Å². The summed E-state index contributed by atoms with van der Waals surface area (Å²) in [7, 11) is -4.02. The molecule has 0 heterocycles. The molecule has 0 atom stereocenters. The summed E-state index contributed by atoms with van der Waals surface area (Å²) < 4.78 is 27.4. The summed E-state index contributed by atoms with van der Waals surface area (Å²) in [6.07, 6.45) is 0. The van der Waals surface area contributed by atoms with Crippen LogP contribution in [0.5, 0.6) is 0 Å². The lowest BCUT2D eigenvalue weighted by molar-refractivity contribution is -0.114. The SMILES string of the molecule is NC(=O)c1ccc(NC(=O)CN(c2cccc(Cl)c2)S(=O)(=O)c2ccccc2)cc1. The molecule has 0 saturated carbocycles. The summed E-state index contributed by atoms with van der Waals surface area (Å²) in [6, 6.07) is 20.0. The smallest absolute Gasteiger partial charge is 0.264 e. The van der Waals surface area contributed by atoms with Crippen LogP contribution in [0.2, 0.25) is 5.02 Å². The van der Waals surface area contributed by atoms with E-state index >= 15 is 0 Å². The van der Waals surface area contributed by atoms with E-state index in [1.165, 1.54) is 42.5 Å². The second-order valence-corrected chi connectivity index (χ2v) is 8.59. The fourth-order valence-corrected chi connectivity index (χ4v) is 4.33. The Balaban J connectivity index is 1.89. The molecule has 154 valence electrons. The van der Waals surface area contributed by atoms with Crippen LogP contribution < -0.4 is 15.4 Å². The first kappa shape index (κ1) is 21.4. The van der Waals surface area contributed by atoms with Crippen LogP contribution in [-0.4, -0.2) is 26.8 Å². The zero-order valence-corrected chi connectivity index (χ0v) is 17.2. The molecule has 0 spiro atoms. The van der Waals surface area contributed by atoms with E-state index in [4.69, 9.17) is 17.3 Å². The summed E-state index contributed by atoms with van der Waals surface area (Å²) >= 11 is 6.03. The number of primary amides is 1. The molecule has 3 aromatic carbocycles. The third-order valence-electron chi connectivity index (χ3n) is 4.17. The molecule has 9 heteroatoms. The average molecular weight is 444 g/mol. The Morgan fingerprint density at radius 2 is 1.60 bits per heavy atom. The average Bonchev–Trinajstić information content (AvgIpc) is 2.73. The van der Waals surface area contributed by atoms with Gasteiger partial charge in [0.2, 0.25) is 11.8 Å². The number of nitrogens with zero attached hydrogens (tertiary/aromatic N) is 1. The number of halogens is 1. The van der Waals surface area contributed by atoms with Crippen molar-refractivity contribution < 1.29 is 18.0 Å². The second kappa shape index (κ2) is 8.98. The van der Waals surface area contributed by atoms with E-state index < -0.39 is 28.4 Å². The summed E-state index contributed by atoms with van der Waals surface area (Å²) in [6.45, 7) is -0.477. The molecule has 0 aliphatic carbocycles. The third kappa shape index (κ3) is 4.97. The van der Waals surface area contributed by atoms with Crippen molar-refractivity contribution in [2.75, 3.05) is 16.2 Å². The Labute approximate surface area is 179 Å². The Morgan fingerprint density at radius 1 is 0.933 bits per heavy atom. The van der Waals surface area contributed by atoms with Crippen molar-refractivity contribution in [3.05, 3.63) is 89.4 Å². The number of rotatable bonds is 7. The largest absolute Gasteiger partial charge is 0.366 e. The number of hydrogen-bond donors (Lipinski definition) is 2. The second-order valence-electron chi connectivity index (χ2n) is 6.29. The molecule has 30 heavy (non-hydrogen) atoms. The fourth-order valence-electron chi connectivity index (χ4n) is 2.71. The van der Waals surface area contributed by atoms with E-state index in [-0.39, 0.29) is 10.6 Å². The van der Waals surface area contributed by atoms with E-state index in [0.29, 0.717) is 16.3 Å². The van der Waals surface area contributed by atoms with Gasteiger partial charge in [-0.1, -0.05) is 35.9 Å². The highest BCUT2D eigenvalue weighted by molar-refractivity contribution is 7.92. The molecular formula is C21H18ClN3O4S. The van der Waals surface area contributed by atoms with Crippen molar-refractivity contribution in [2.24, 2.45) is 5.73 Å². The van der Waals surface area contributed by atoms with Crippen LogP contribution in [0.25, 0.3) is 0 Å². The quantitative estimate of drug-likeness (QED) is 0.583. The lowest BCUT2D eigenvalue weighted by atomic mass is 10.2. The number of amides is 2. The van der Waals surface area contributed by atoms with Crippen LogP contribution in [0, 0.1) is 0 Å². The minimum atomic E-state index is -4.02. The van der Waals surface area contributed by atoms with E-state index in [2.05, 4.69) is 5.32 Å². The number of hydrogen-bond acceptors (Lipinski definition) is 4. The molecule has 0 aromatic heterocycles. The molecular weight excluding hydrogens is 426 g/mol. The summed E-state index contributed by atoms with van der Waals surface area (Å²) in [5, 5.41) is 2.95. The molecule has 0 fully saturated rings. The normalized spacial score (nSPS) is 11.0. The van der Waals surface area contributed by atoms with Crippen molar-refractivity contribution in [2.45, 2.75) is 4.90 Å². The van der Waals surface area contributed by atoms with Gasteiger partial charge >= 0.3 is 0 Å². The molecule has 0 bridgehead atoms. The number of carbonyl (C=O) groups excluding carboxylic acids is 2. The first-order valence-electron chi connectivity index (χ1n) is 8.80. The molecule has 0 aliphatic heterocycles. The predicted octanol–water partition coefficient (Wildman–Crippen LogP) is 3.27. The number of nitrogens with one attached hydrogen (secondary N) is 1. The standard InChI is InChI=1S/C21H18ClN3O4S/c22-16-5-4-6-18(13-16)25(30(28,29)19-7-2-1-3-8-19)14-20(26)24-17-11-9-15(10-12-17)21(23)27/h1-13H,14H2,(H2,23,27)(H,24,26). The zero-order valence-electron chi connectivity index (χ0n) is 15.7. The number of carbonyl (C=O) groups is 2. The van der Waals surface area contributed by atoms with Crippen LogP contribution in [-0.2, 0) is 14.8 Å². The lowest BCUT2D eigenvalue weighted by Gasteiger charge is -2.24. The van der Waals surface area contributed by atoms with Gasteiger partial charge in [-0.2, -0.15) is 0 Å². The van der Waals surface area contributed by atoms with Crippen molar-refractivity contribution >= 4 is 44.8 Å². The first-order valence-corrected chi connectivity index (χ1v) is 10.6.